The normalized spacial score (nSPS) is 13.6. The number of alkyl halides is 3. The largest absolute Gasteiger partial charge is 0.428 e. The van der Waals surface area contributed by atoms with Gasteiger partial charge in [-0.3, -0.25) is 9.88 Å². The van der Waals surface area contributed by atoms with Crippen molar-refractivity contribution in [3.63, 3.8) is 0 Å². The van der Waals surface area contributed by atoms with Gasteiger partial charge in [-0.25, -0.2) is 4.79 Å². The van der Waals surface area contributed by atoms with Gasteiger partial charge in [-0.05, 0) is 12.1 Å². The third-order valence-corrected chi connectivity index (χ3v) is 5.45. The number of anilines is 1. The molecule has 0 spiro atoms. The Labute approximate surface area is 137 Å². The Morgan fingerprint density at radius 3 is 2.14 bits per heavy atom. The highest BCUT2D eigenvalue weighted by atomic mass is 35.6. The molecule has 0 aliphatic rings. The number of hydrogen-bond acceptors (Lipinski definition) is 5. The Morgan fingerprint density at radius 1 is 1.19 bits per heavy atom. The maximum absolute atomic E-state index is 12.3. The summed E-state index contributed by atoms with van der Waals surface area (Å²) in [5.41, 5.74) is 0.454. The summed E-state index contributed by atoms with van der Waals surface area (Å²) < 4.78 is 24.4. The van der Waals surface area contributed by atoms with Gasteiger partial charge in [0.1, 0.15) is 0 Å². The van der Waals surface area contributed by atoms with E-state index in [4.69, 9.17) is 48.6 Å². The first kappa shape index (κ1) is 18.6. The predicted molar refractivity (Wildman–Crippen MR) is 82.2 cm³/mol. The van der Waals surface area contributed by atoms with Gasteiger partial charge in [0.25, 0.3) is 5.85 Å². The summed E-state index contributed by atoms with van der Waals surface area (Å²) in [6.07, 6.45) is -0.966. The van der Waals surface area contributed by atoms with Crippen molar-refractivity contribution in [3.8, 4) is 0 Å². The molecule has 0 heterocycles. The standard InChI is InChI=1S/C11H13Cl3NO5P/c1-18-21(17,19-2)9(11(12,13)14)20-10(16)15-8-6-4-3-5-7-8/h3-7,9H,1-2H3,(H,15,16)/t9-/m0/s1. The average Bonchev–Trinajstić information content (AvgIpc) is 2.44. The number of carbonyl (C=O) groups excluding carboxylic acids is 1. The molecule has 0 aliphatic carbocycles. The van der Waals surface area contributed by atoms with Gasteiger partial charge in [-0.15, -0.1) is 0 Å². The van der Waals surface area contributed by atoms with E-state index < -0.39 is 23.3 Å². The molecule has 0 radical (unpaired) electrons. The maximum Gasteiger partial charge on any atom is 0.412 e. The number of rotatable bonds is 5. The van der Waals surface area contributed by atoms with E-state index in [0.29, 0.717) is 5.69 Å². The van der Waals surface area contributed by atoms with Crippen molar-refractivity contribution in [3.05, 3.63) is 30.3 Å². The van der Waals surface area contributed by atoms with E-state index in [1.807, 2.05) is 0 Å². The lowest BCUT2D eigenvalue weighted by molar-refractivity contribution is 0.124. The molecule has 118 valence electrons. The molecule has 10 heteroatoms. The number of halogens is 3. The van der Waals surface area contributed by atoms with Gasteiger partial charge in [0.2, 0.25) is 3.79 Å². The average molecular weight is 377 g/mol. The minimum atomic E-state index is -3.95. The molecule has 0 aromatic heterocycles. The minimum absolute atomic E-state index is 0.454. The lowest BCUT2D eigenvalue weighted by Gasteiger charge is -2.28. The second-order valence-corrected chi connectivity index (χ2v) is 8.34. The fourth-order valence-electron chi connectivity index (χ4n) is 1.35. The Balaban J connectivity index is 2.88. The molecule has 1 aromatic rings. The molecular formula is C11H13Cl3NO5P. The summed E-state index contributed by atoms with van der Waals surface area (Å²) in [5.74, 6) is -1.73. The Morgan fingerprint density at radius 2 is 1.71 bits per heavy atom. The van der Waals surface area contributed by atoms with E-state index in [9.17, 15) is 9.36 Å². The summed E-state index contributed by atoms with van der Waals surface area (Å²) in [6, 6.07) is 8.43. The van der Waals surface area contributed by atoms with Crippen LogP contribution in [0.15, 0.2) is 30.3 Å². The van der Waals surface area contributed by atoms with E-state index in [-0.39, 0.29) is 0 Å². The zero-order valence-electron chi connectivity index (χ0n) is 11.1. The van der Waals surface area contributed by atoms with Gasteiger partial charge in [-0.2, -0.15) is 0 Å². The molecule has 1 N–H and O–H groups in total. The zero-order valence-corrected chi connectivity index (χ0v) is 14.2. The highest BCUT2D eigenvalue weighted by Crippen LogP contribution is 2.59. The van der Waals surface area contributed by atoms with Crippen molar-refractivity contribution < 1.29 is 23.1 Å². The number of benzene rings is 1. The zero-order chi connectivity index (χ0) is 16.1. The van der Waals surface area contributed by atoms with Crippen LogP contribution in [0.5, 0.6) is 0 Å². The van der Waals surface area contributed by atoms with Gasteiger partial charge in [0.15, 0.2) is 0 Å². The van der Waals surface area contributed by atoms with E-state index >= 15 is 0 Å². The molecule has 0 saturated heterocycles. The summed E-state index contributed by atoms with van der Waals surface area (Å²) in [4.78, 5) is 11.8. The Bertz CT molecular complexity index is 514. The fourth-order valence-corrected chi connectivity index (χ4v) is 3.67. The quantitative estimate of drug-likeness (QED) is 0.608. The molecule has 0 bridgehead atoms. The monoisotopic (exact) mass is 375 g/mol. The minimum Gasteiger partial charge on any atom is -0.428 e. The first-order chi connectivity index (χ1) is 9.73. The molecule has 0 unspecified atom stereocenters. The van der Waals surface area contributed by atoms with E-state index in [1.165, 1.54) is 0 Å². The van der Waals surface area contributed by atoms with E-state index in [0.717, 1.165) is 14.2 Å². The van der Waals surface area contributed by atoms with Gasteiger partial charge in [0.05, 0.1) is 0 Å². The number of para-hydroxylation sites is 1. The fraction of sp³-hybridized carbons (Fsp3) is 0.364. The van der Waals surface area contributed by atoms with Crippen LogP contribution in [0.1, 0.15) is 0 Å². The molecule has 1 amide bonds. The number of hydrogen-bond donors (Lipinski definition) is 1. The van der Waals surface area contributed by atoms with Crippen LogP contribution in [0.4, 0.5) is 10.5 Å². The summed E-state index contributed by atoms with van der Waals surface area (Å²) in [7, 11) is -1.77. The van der Waals surface area contributed by atoms with Crippen molar-refractivity contribution in [2.75, 3.05) is 19.5 Å². The second-order valence-electron chi connectivity index (χ2n) is 3.70. The second kappa shape index (κ2) is 7.68. The van der Waals surface area contributed by atoms with Gasteiger partial charge in [-0.1, -0.05) is 53.0 Å². The van der Waals surface area contributed by atoms with Crippen molar-refractivity contribution in [2.24, 2.45) is 0 Å². The summed E-state index contributed by atoms with van der Waals surface area (Å²) in [6.45, 7) is 0. The summed E-state index contributed by atoms with van der Waals surface area (Å²) >= 11 is 17.0. The van der Waals surface area contributed by atoms with Crippen LogP contribution in [0, 0.1) is 0 Å². The molecule has 21 heavy (non-hydrogen) atoms. The van der Waals surface area contributed by atoms with Crippen molar-refractivity contribution in [2.45, 2.75) is 9.64 Å². The SMILES string of the molecule is COP(=O)(OC)[C@H](OC(=O)Nc1ccccc1)C(Cl)(Cl)Cl. The number of ether oxygens (including phenoxy) is 1. The smallest absolute Gasteiger partial charge is 0.412 e. The number of nitrogens with one attached hydrogen (secondary N) is 1. The van der Waals surface area contributed by atoms with Crippen LogP contribution in [0.2, 0.25) is 0 Å². The van der Waals surface area contributed by atoms with E-state index in [2.05, 4.69) is 5.32 Å². The molecule has 6 nitrogen and oxygen atoms in total. The number of amides is 1. The van der Waals surface area contributed by atoms with Crippen molar-refractivity contribution >= 4 is 54.2 Å². The lowest BCUT2D eigenvalue weighted by Crippen LogP contribution is -2.34. The molecule has 1 atom stereocenters. The van der Waals surface area contributed by atoms with Crippen LogP contribution < -0.4 is 5.32 Å². The molecule has 1 aromatic carbocycles. The third kappa shape index (κ3) is 5.33. The maximum atomic E-state index is 12.3. The van der Waals surface area contributed by atoms with Crippen molar-refractivity contribution in [1.29, 1.82) is 0 Å². The Hall–Kier alpha value is -0.490. The van der Waals surface area contributed by atoms with Crippen LogP contribution in [-0.2, 0) is 18.3 Å². The van der Waals surface area contributed by atoms with Gasteiger partial charge in [0, 0.05) is 19.9 Å². The topological polar surface area (TPSA) is 73.9 Å². The molecule has 0 saturated carbocycles. The molecule has 0 aliphatic heterocycles. The van der Waals surface area contributed by atoms with Crippen LogP contribution in [0.3, 0.4) is 0 Å². The molecular weight excluding hydrogens is 363 g/mol. The van der Waals surface area contributed by atoms with Gasteiger partial charge >= 0.3 is 13.7 Å². The molecule has 0 fully saturated rings. The Kier molecular flexibility index (Phi) is 6.78. The van der Waals surface area contributed by atoms with Gasteiger partial charge < -0.3 is 13.8 Å². The first-order valence-corrected chi connectivity index (χ1v) is 8.28. The summed E-state index contributed by atoms with van der Waals surface area (Å²) in [5, 5.41) is 2.40. The third-order valence-electron chi connectivity index (χ3n) is 2.32. The van der Waals surface area contributed by atoms with Crippen LogP contribution in [0.25, 0.3) is 0 Å². The predicted octanol–water partition coefficient (Wildman–Crippen LogP) is 4.42. The van der Waals surface area contributed by atoms with Crippen LogP contribution >= 0.6 is 42.4 Å². The van der Waals surface area contributed by atoms with Crippen LogP contribution in [-0.4, -0.2) is 30.0 Å². The van der Waals surface area contributed by atoms with Crippen molar-refractivity contribution in [1.82, 2.24) is 0 Å². The number of carbonyl (C=O) groups is 1. The molecule has 1 rings (SSSR count). The highest BCUT2D eigenvalue weighted by molar-refractivity contribution is 7.55. The highest BCUT2D eigenvalue weighted by Gasteiger charge is 2.51. The van der Waals surface area contributed by atoms with E-state index in [1.54, 1.807) is 30.3 Å². The first-order valence-electron chi connectivity index (χ1n) is 5.53. The lowest BCUT2D eigenvalue weighted by atomic mass is 10.3.